The largest absolute Gasteiger partial charge is 0.391 e. The molecule has 3 heteroatoms. The van der Waals surface area contributed by atoms with E-state index in [0.717, 1.165) is 30.4 Å². The van der Waals surface area contributed by atoms with Crippen molar-refractivity contribution in [1.82, 2.24) is 4.98 Å². The zero-order valence-electron chi connectivity index (χ0n) is 9.00. The van der Waals surface area contributed by atoms with Crippen molar-refractivity contribution in [3.8, 4) is 0 Å². The summed E-state index contributed by atoms with van der Waals surface area (Å²) in [5.74, 6) is 0. The normalized spacial score (nSPS) is 20.6. The number of anilines is 1. The fourth-order valence-corrected chi connectivity index (χ4v) is 2.24. The van der Waals surface area contributed by atoms with E-state index in [-0.39, 0.29) is 6.10 Å². The van der Waals surface area contributed by atoms with Crippen molar-refractivity contribution >= 4 is 16.6 Å². The molecule has 1 aliphatic rings. The Morgan fingerprint density at radius 3 is 3.06 bits per heavy atom. The third-order valence-corrected chi connectivity index (χ3v) is 3.12. The van der Waals surface area contributed by atoms with Crippen LogP contribution in [0.2, 0.25) is 0 Å². The maximum atomic E-state index is 9.52. The van der Waals surface area contributed by atoms with Gasteiger partial charge in [-0.05, 0) is 30.7 Å². The molecule has 2 aromatic rings. The van der Waals surface area contributed by atoms with Gasteiger partial charge in [-0.15, -0.1) is 0 Å². The fourth-order valence-electron chi connectivity index (χ4n) is 2.24. The third kappa shape index (κ3) is 1.63. The van der Waals surface area contributed by atoms with Crippen LogP contribution >= 0.6 is 0 Å². The maximum absolute atomic E-state index is 9.52. The second-order valence-electron chi connectivity index (χ2n) is 4.27. The van der Waals surface area contributed by atoms with Gasteiger partial charge in [0.15, 0.2) is 0 Å². The molecule has 1 fully saturated rings. The SMILES string of the molecule is OC1CCN(c2ccc3ncccc3c2)C1. The van der Waals surface area contributed by atoms with Crippen molar-refractivity contribution in [2.24, 2.45) is 0 Å². The molecule has 1 saturated heterocycles. The Kier molecular flexibility index (Phi) is 2.26. The van der Waals surface area contributed by atoms with Gasteiger partial charge in [0.2, 0.25) is 0 Å². The summed E-state index contributed by atoms with van der Waals surface area (Å²) < 4.78 is 0. The number of fused-ring (bicyclic) bond motifs is 1. The maximum Gasteiger partial charge on any atom is 0.0731 e. The van der Waals surface area contributed by atoms with E-state index in [0.29, 0.717) is 0 Å². The number of hydrogen-bond acceptors (Lipinski definition) is 3. The summed E-state index contributed by atoms with van der Waals surface area (Å²) in [6, 6.07) is 10.3. The standard InChI is InChI=1S/C13H14N2O/c16-12-5-7-15(9-12)11-3-4-13-10(8-11)2-1-6-14-13/h1-4,6,8,12,16H,5,7,9H2. The molecule has 3 nitrogen and oxygen atoms in total. The Balaban J connectivity index is 1.99. The minimum absolute atomic E-state index is 0.176. The summed E-state index contributed by atoms with van der Waals surface area (Å²) in [5, 5.41) is 10.7. The van der Waals surface area contributed by atoms with Gasteiger partial charge in [0.1, 0.15) is 0 Å². The number of aliphatic hydroxyl groups excluding tert-OH is 1. The van der Waals surface area contributed by atoms with Crippen LogP contribution in [-0.2, 0) is 0 Å². The van der Waals surface area contributed by atoms with E-state index in [4.69, 9.17) is 0 Å². The zero-order chi connectivity index (χ0) is 11.0. The molecule has 0 amide bonds. The molecule has 1 unspecified atom stereocenters. The number of nitrogens with zero attached hydrogens (tertiary/aromatic N) is 2. The smallest absolute Gasteiger partial charge is 0.0731 e. The Hall–Kier alpha value is -1.61. The van der Waals surface area contributed by atoms with Gasteiger partial charge in [-0.1, -0.05) is 6.07 Å². The van der Waals surface area contributed by atoms with Crippen LogP contribution in [-0.4, -0.2) is 29.3 Å². The first-order valence-electron chi connectivity index (χ1n) is 5.61. The third-order valence-electron chi connectivity index (χ3n) is 3.12. The van der Waals surface area contributed by atoms with Gasteiger partial charge >= 0.3 is 0 Å². The molecule has 2 heterocycles. The van der Waals surface area contributed by atoms with Gasteiger partial charge in [-0.2, -0.15) is 0 Å². The topological polar surface area (TPSA) is 36.4 Å². The van der Waals surface area contributed by atoms with Crippen LogP contribution in [0.1, 0.15) is 6.42 Å². The highest BCUT2D eigenvalue weighted by Crippen LogP contribution is 2.24. The van der Waals surface area contributed by atoms with Crippen molar-refractivity contribution in [3.63, 3.8) is 0 Å². The van der Waals surface area contributed by atoms with Gasteiger partial charge in [-0.25, -0.2) is 0 Å². The lowest BCUT2D eigenvalue weighted by Crippen LogP contribution is -2.20. The highest BCUT2D eigenvalue weighted by atomic mass is 16.3. The van der Waals surface area contributed by atoms with Gasteiger partial charge in [0, 0.05) is 30.4 Å². The minimum Gasteiger partial charge on any atom is -0.391 e. The van der Waals surface area contributed by atoms with Crippen LogP contribution in [0.15, 0.2) is 36.5 Å². The molecule has 16 heavy (non-hydrogen) atoms. The first-order valence-corrected chi connectivity index (χ1v) is 5.61. The van der Waals surface area contributed by atoms with Crippen LogP contribution in [0.5, 0.6) is 0 Å². The highest BCUT2D eigenvalue weighted by Gasteiger charge is 2.20. The second kappa shape index (κ2) is 3.76. The number of hydrogen-bond donors (Lipinski definition) is 1. The number of aromatic nitrogens is 1. The quantitative estimate of drug-likeness (QED) is 0.786. The van der Waals surface area contributed by atoms with Crippen molar-refractivity contribution in [3.05, 3.63) is 36.5 Å². The Morgan fingerprint density at radius 2 is 2.25 bits per heavy atom. The van der Waals surface area contributed by atoms with Gasteiger partial charge in [-0.3, -0.25) is 4.98 Å². The average molecular weight is 214 g/mol. The van der Waals surface area contributed by atoms with Crippen LogP contribution < -0.4 is 4.90 Å². The highest BCUT2D eigenvalue weighted by molar-refractivity contribution is 5.82. The summed E-state index contributed by atoms with van der Waals surface area (Å²) in [7, 11) is 0. The molecule has 1 aliphatic heterocycles. The van der Waals surface area contributed by atoms with Crippen molar-refractivity contribution < 1.29 is 5.11 Å². The Morgan fingerprint density at radius 1 is 1.31 bits per heavy atom. The molecular formula is C13H14N2O. The minimum atomic E-state index is -0.176. The summed E-state index contributed by atoms with van der Waals surface area (Å²) >= 11 is 0. The second-order valence-corrected chi connectivity index (χ2v) is 4.27. The summed E-state index contributed by atoms with van der Waals surface area (Å²) in [5.41, 5.74) is 2.20. The van der Waals surface area contributed by atoms with Gasteiger partial charge < -0.3 is 10.0 Å². The molecular weight excluding hydrogens is 200 g/mol. The first-order chi connectivity index (χ1) is 7.83. The molecule has 1 aromatic carbocycles. The number of benzene rings is 1. The molecule has 82 valence electrons. The van der Waals surface area contributed by atoms with Crippen LogP contribution in [0.4, 0.5) is 5.69 Å². The molecule has 0 bridgehead atoms. The van der Waals surface area contributed by atoms with E-state index in [1.165, 1.54) is 5.69 Å². The van der Waals surface area contributed by atoms with Crippen LogP contribution in [0.25, 0.3) is 10.9 Å². The van der Waals surface area contributed by atoms with Gasteiger partial charge in [0.25, 0.3) is 0 Å². The van der Waals surface area contributed by atoms with E-state index in [9.17, 15) is 5.11 Å². The predicted octanol–water partition coefficient (Wildman–Crippen LogP) is 1.81. The average Bonchev–Trinajstić information content (AvgIpc) is 2.75. The molecule has 1 N–H and O–H groups in total. The lowest BCUT2D eigenvalue weighted by Gasteiger charge is -2.18. The predicted molar refractivity (Wildman–Crippen MR) is 64.6 cm³/mol. The number of pyridine rings is 1. The molecule has 0 aliphatic carbocycles. The lowest BCUT2D eigenvalue weighted by atomic mass is 10.2. The molecule has 0 saturated carbocycles. The van der Waals surface area contributed by atoms with Crippen molar-refractivity contribution in [1.29, 1.82) is 0 Å². The van der Waals surface area contributed by atoms with Crippen LogP contribution in [0, 0.1) is 0 Å². The van der Waals surface area contributed by atoms with E-state index in [2.05, 4.69) is 28.1 Å². The molecule has 3 rings (SSSR count). The molecule has 0 spiro atoms. The van der Waals surface area contributed by atoms with E-state index >= 15 is 0 Å². The summed E-state index contributed by atoms with van der Waals surface area (Å²) in [4.78, 5) is 6.52. The number of β-amino-alcohol motifs (C(OH)–C–C–N with tert-alkyl or cyclic N) is 1. The van der Waals surface area contributed by atoms with Crippen molar-refractivity contribution in [2.45, 2.75) is 12.5 Å². The number of rotatable bonds is 1. The summed E-state index contributed by atoms with van der Waals surface area (Å²) in [6.07, 6.45) is 2.50. The van der Waals surface area contributed by atoms with E-state index in [1.54, 1.807) is 0 Å². The van der Waals surface area contributed by atoms with Crippen LogP contribution in [0.3, 0.4) is 0 Å². The molecule has 0 radical (unpaired) electrons. The van der Waals surface area contributed by atoms with E-state index in [1.807, 2.05) is 18.3 Å². The van der Waals surface area contributed by atoms with E-state index < -0.39 is 0 Å². The Bertz CT molecular complexity index is 512. The molecule has 1 aromatic heterocycles. The monoisotopic (exact) mass is 214 g/mol. The zero-order valence-corrected chi connectivity index (χ0v) is 9.00. The Labute approximate surface area is 94.3 Å². The lowest BCUT2D eigenvalue weighted by molar-refractivity contribution is 0.198. The molecule has 1 atom stereocenters. The van der Waals surface area contributed by atoms with Gasteiger partial charge in [0.05, 0.1) is 11.6 Å². The first kappa shape index (κ1) is 9.60. The van der Waals surface area contributed by atoms with Crippen molar-refractivity contribution in [2.75, 3.05) is 18.0 Å². The number of aliphatic hydroxyl groups is 1. The fraction of sp³-hybridized carbons (Fsp3) is 0.308. The summed E-state index contributed by atoms with van der Waals surface area (Å²) in [6.45, 7) is 1.68.